The molecule has 0 radical (unpaired) electrons. The van der Waals surface area contributed by atoms with Crippen LogP contribution in [0.25, 0.3) is 0 Å². The van der Waals surface area contributed by atoms with Gasteiger partial charge in [0, 0.05) is 38.8 Å². The molecule has 31 heavy (non-hydrogen) atoms. The Morgan fingerprint density at radius 2 is 1.90 bits per heavy atom. The lowest BCUT2D eigenvalue weighted by Gasteiger charge is -2.46. The lowest BCUT2D eigenvalue weighted by atomic mass is 9.86. The number of carbonyl (C=O) groups excluding carboxylic acids is 1. The van der Waals surface area contributed by atoms with Crippen molar-refractivity contribution in [2.75, 3.05) is 45.9 Å². The summed E-state index contributed by atoms with van der Waals surface area (Å²) < 4.78 is 36.8. The van der Waals surface area contributed by atoms with Gasteiger partial charge >= 0.3 is 6.09 Å². The molecule has 0 unspecified atom stereocenters. The van der Waals surface area contributed by atoms with Gasteiger partial charge in [-0.3, -0.25) is 4.90 Å². The standard InChI is InChI=1S/C21H30F2N2O6/c1-2-30-19(27)25-9-6-20(28,7-10-25)12-24-8-5-18(26)21(29,13-24)14-31-15-3-4-16(22)17(23)11-15/h3-4,11,18,26,28-29H,2,5-10,12-14H2,1H3/t18-,21-/m0/s1. The Balaban J connectivity index is 1.56. The fourth-order valence-corrected chi connectivity index (χ4v) is 4.09. The normalized spacial score (nSPS) is 26.5. The summed E-state index contributed by atoms with van der Waals surface area (Å²) >= 11 is 0. The number of hydrogen-bond acceptors (Lipinski definition) is 7. The number of carbonyl (C=O) groups is 1. The van der Waals surface area contributed by atoms with Crippen LogP contribution in [0.2, 0.25) is 0 Å². The molecule has 0 bridgehead atoms. The fraction of sp³-hybridized carbons (Fsp3) is 0.667. The predicted molar refractivity (Wildman–Crippen MR) is 107 cm³/mol. The monoisotopic (exact) mass is 444 g/mol. The molecule has 0 aliphatic carbocycles. The van der Waals surface area contributed by atoms with E-state index in [1.54, 1.807) is 11.8 Å². The Labute approximate surface area is 180 Å². The minimum absolute atomic E-state index is 0.0432. The van der Waals surface area contributed by atoms with E-state index in [2.05, 4.69) is 0 Å². The lowest BCUT2D eigenvalue weighted by Crippen LogP contribution is -2.62. The highest BCUT2D eigenvalue weighted by Gasteiger charge is 2.44. The van der Waals surface area contributed by atoms with Crippen molar-refractivity contribution >= 4 is 6.09 Å². The number of piperidine rings is 2. The summed E-state index contributed by atoms with van der Waals surface area (Å²) in [5.41, 5.74) is -2.67. The van der Waals surface area contributed by atoms with E-state index < -0.39 is 35.0 Å². The van der Waals surface area contributed by atoms with Crippen molar-refractivity contribution in [3.05, 3.63) is 29.8 Å². The molecule has 2 atom stereocenters. The van der Waals surface area contributed by atoms with Gasteiger partial charge in [-0.05, 0) is 38.3 Å². The Bertz CT molecular complexity index is 774. The number of aliphatic hydroxyl groups excluding tert-OH is 1. The molecule has 2 aliphatic heterocycles. The van der Waals surface area contributed by atoms with Crippen molar-refractivity contribution in [2.45, 2.75) is 43.5 Å². The molecule has 8 nitrogen and oxygen atoms in total. The number of nitrogens with zero attached hydrogens (tertiary/aromatic N) is 2. The van der Waals surface area contributed by atoms with Crippen molar-refractivity contribution in [1.29, 1.82) is 0 Å². The van der Waals surface area contributed by atoms with Gasteiger partial charge in [-0.15, -0.1) is 0 Å². The summed E-state index contributed by atoms with van der Waals surface area (Å²) in [5.74, 6) is -2.02. The number of amides is 1. The molecule has 0 spiro atoms. The van der Waals surface area contributed by atoms with E-state index >= 15 is 0 Å². The second-order valence-electron chi connectivity index (χ2n) is 8.39. The Morgan fingerprint density at radius 1 is 1.19 bits per heavy atom. The molecule has 174 valence electrons. The average Bonchev–Trinajstić information content (AvgIpc) is 2.72. The van der Waals surface area contributed by atoms with Gasteiger partial charge < -0.3 is 29.7 Å². The van der Waals surface area contributed by atoms with Crippen molar-refractivity contribution in [2.24, 2.45) is 0 Å². The molecule has 2 aliphatic rings. The highest BCUT2D eigenvalue weighted by atomic mass is 19.2. The van der Waals surface area contributed by atoms with E-state index in [1.807, 2.05) is 4.90 Å². The van der Waals surface area contributed by atoms with E-state index in [0.717, 1.165) is 12.1 Å². The topological polar surface area (TPSA) is 103 Å². The molecule has 1 amide bonds. The van der Waals surface area contributed by atoms with Gasteiger partial charge in [0.1, 0.15) is 18.0 Å². The zero-order valence-corrected chi connectivity index (χ0v) is 17.6. The molecule has 2 heterocycles. The summed E-state index contributed by atoms with van der Waals surface area (Å²) in [7, 11) is 0. The number of benzene rings is 1. The average molecular weight is 444 g/mol. The molecule has 1 aromatic rings. The van der Waals surface area contributed by atoms with Crippen molar-refractivity contribution in [3.63, 3.8) is 0 Å². The summed E-state index contributed by atoms with van der Waals surface area (Å²) in [5, 5.41) is 32.3. The molecule has 0 saturated carbocycles. The maximum absolute atomic E-state index is 13.4. The maximum atomic E-state index is 13.4. The number of ether oxygens (including phenoxy) is 2. The Morgan fingerprint density at radius 3 is 2.55 bits per heavy atom. The smallest absolute Gasteiger partial charge is 0.409 e. The molecular weight excluding hydrogens is 414 g/mol. The molecule has 3 rings (SSSR count). The van der Waals surface area contributed by atoms with Crippen LogP contribution in [0.1, 0.15) is 26.2 Å². The van der Waals surface area contributed by atoms with Crippen molar-refractivity contribution in [3.8, 4) is 5.75 Å². The van der Waals surface area contributed by atoms with Crippen LogP contribution in [-0.2, 0) is 4.74 Å². The quantitative estimate of drug-likeness (QED) is 0.604. The van der Waals surface area contributed by atoms with E-state index in [4.69, 9.17) is 9.47 Å². The van der Waals surface area contributed by atoms with Gasteiger partial charge in [0.05, 0.1) is 18.3 Å². The molecule has 2 fully saturated rings. The molecule has 0 aromatic heterocycles. The Kier molecular flexibility index (Phi) is 7.35. The Hall–Kier alpha value is -2.01. The van der Waals surface area contributed by atoms with E-state index in [-0.39, 0.29) is 31.9 Å². The second-order valence-corrected chi connectivity index (χ2v) is 8.39. The second kappa shape index (κ2) is 9.64. The first-order chi connectivity index (χ1) is 14.6. The van der Waals surface area contributed by atoms with Crippen LogP contribution in [0.4, 0.5) is 13.6 Å². The molecule has 2 saturated heterocycles. The summed E-state index contributed by atoms with van der Waals surface area (Å²) in [6.45, 7) is 3.24. The SMILES string of the molecule is CCOC(=O)N1CCC(O)(CN2CC[C@H](O)[C@@](O)(COc3ccc(F)c(F)c3)C2)CC1. The van der Waals surface area contributed by atoms with Gasteiger partial charge in [0.2, 0.25) is 0 Å². The van der Waals surface area contributed by atoms with Crippen LogP contribution in [0.5, 0.6) is 5.75 Å². The number of β-amino-alcohol motifs (C(OH)–C–C–N with tert-alkyl or cyclic N) is 2. The van der Waals surface area contributed by atoms with Gasteiger partial charge in [0.15, 0.2) is 11.6 Å². The zero-order valence-electron chi connectivity index (χ0n) is 17.6. The third-order valence-corrected chi connectivity index (χ3v) is 5.95. The number of likely N-dealkylation sites (tertiary alicyclic amines) is 2. The predicted octanol–water partition coefficient (Wildman–Crippen LogP) is 1.12. The zero-order chi connectivity index (χ0) is 22.6. The number of hydrogen-bond donors (Lipinski definition) is 3. The first kappa shape index (κ1) is 23.6. The minimum atomic E-state index is -1.63. The molecule has 1 aromatic carbocycles. The first-order valence-corrected chi connectivity index (χ1v) is 10.5. The summed E-state index contributed by atoms with van der Waals surface area (Å²) in [4.78, 5) is 15.2. The minimum Gasteiger partial charge on any atom is -0.490 e. The lowest BCUT2D eigenvalue weighted by molar-refractivity contribution is -0.150. The van der Waals surface area contributed by atoms with Crippen molar-refractivity contribution < 1.29 is 38.4 Å². The van der Waals surface area contributed by atoms with Crippen molar-refractivity contribution in [1.82, 2.24) is 9.80 Å². The van der Waals surface area contributed by atoms with E-state index in [0.29, 0.717) is 39.1 Å². The van der Waals surface area contributed by atoms with Crippen LogP contribution in [-0.4, -0.2) is 94.5 Å². The maximum Gasteiger partial charge on any atom is 0.409 e. The van der Waals surface area contributed by atoms with Gasteiger partial charge in [-0.2, -0.15) is 0 Å². The van der Waals surface area contributed by atoms with Gasteiger partial charge in [0.25, 0.3) is 0 Å². The van der Waals surface area contributed by atoms with Gasteiger partial charge in [-0.1, -0.05) is 0 Å². The molecular formula is C21H30F2N2O6. The van der Waals surface area contributed by atoms with E-state index in [9.17, 15) is 28.9 Å². The van der Waals surface area contributed by atoms with Crippen LogP contribution in [0.15, 0.2) is 18.2 Å². The highest BCUT2D eigenvalue weighted by molar-refractivity contribution is 5.67. The van der Waals surface area contributed by atoms with Gasteiger partial charge in [-0.25, -0.2) is 13.6 Å². The van der Waals surface area contributed by atoms with Crippen LogP contribution in [0.3, 0.4) is 0 Å². The number of aliphatic hydroxyl groups is 3. The third kappa shape index (κ3) is 5.82. The van der Waals surface area contributed by atoms with E-state index in [1.165, 1.54) is 6.07 Å². The first-order valence-electron chi connectivity index (χ1n) is 10.5. The largest absolute Gasteiger partial charge is 0.490 e. The molecule has 3 N–H and O–H groups in total. The number of rotatable bonds is 6. The summed E-state index contributed by atoms with van der Waals surface area (Å²) in [6.07, 6.45) is -0.449. The summed E-state index contributed by atoms with van der Waals surface area (Å²) in [6, 6.07) is 3.05. The van der Waals surface area contributed by atoms with Crippen LogP contribution < -0.4 is 4.74 Å². The highest BCUT2D eigenvalue weighted by Crippen LogP contribution is 2.29. The van der Waals surface area contributed by atoms with Crippen LogP contribution in [0, 0.1) is 11.6 Å². The number of halogens is 2. The third-order valence-electron chi connectivity index (χ3n) is 5.95. The fourth-order valence-electron chi connectivity index (χ4n) is 4.09. The molecule has 10 heteroatoms. The van der Waals surface area contributed by atoms with Crippen LogP contribution >= 0.6 is 0 Å².